The second-order valence-corrected chi connectivity index (χ2v) is 8.75. The molecule has 1 aromatic heterocycles. The average Bonchev–Trinajstić information content (AvgIpc) is 3.21. The molecule has 1 N–H and O–H groups in total. The lowest BCUT2D eigenvalue weighted by Gasteiger charge is -2.16. The SMILES string of the molecule is CC(C)(C)c1nnc(NC(=O)C2CC(=O)N(CCc3ccc(F)cc3)C2)s1. The molecule has 0 spiro atoms. The lowest BCUT2D eigenvalue weighted by atomic mass is 9.98. The fraction of sp³-hybridized carbons (Fsp3) is 0.474. The smallest absolute Gasteiger partial charge is 0.231 e. The van der Waals surface area contributed by atoms with E-state index < -0.39 is 5.92 Å². The summed E-state index contributed by atoms with van der Waals surface area (Å²) in [6, 6.07) is 6.24. The van der Waals surface area contributed by atoms with E-state index >= 15 is 0 Å². The number of benzene rings is 1. The number of rotatable bonds is 5. The maximum absolute atomic E-state index is 13.0. The zero-order valence-corrected chi connectivity index (χ0v) is 16.5. The van der Waals surface area contributed by atoms with Crippen molar-refractivity contribution in [2.24, 2.45) is 5.92 Å². The molecule has 2 heterocycles. The standard InChI is InChI=1S/C19H23FN4O2S/c1-19(2,3)17-22-23-18(27-17)21-16(26)13-10-15(25)24(11-13)9-8-12-4-6-14(20)7-5-12/h4-7,13H,8-11H2,1-3H3,(H,21,23,26). The Labute approximate surface area is 161 Å². The maximum Gasteiger partial charge on any atom is 0.231 e. The summed E-state index contributed by atoms with van der Waals surface area (Å²) in [5.41, 5.74) is 0.835. The highest BCUT2D eigenvalue weighted by Crippen LogP contribution is 2.28. The van der Waals surface area contributed by atoms with Crippen molar-refractivity contribution in [1.82, 2.24) is 15.1 Å². The van der Waals surface area contributed by atoms with Crippen LogP contribution in [0.1, 0.15) is 37.8 Å². The molecule has 1 unspecified atom stereocenters. The topological polar surface area (TPSA) is 75.2 Å². The lowest BCUT2D eigenvalue weighted by molar-refractivity contribution is -0.128. The van der Waals surface area contributed by atoms with Crippen molar-refractivity contribution in [3.8, 4) is 0 Å². The van der Waals surface area contributed by atoms with Crippen LogP contribution in [0.4, 0.5) is 9.52 Å². The third kappa shape index (κ3) is 4.88. The van der Waals surface area contributed by atoms with Gasteiger partial charge in [0.25, 0.3) is 0 Å². The molecule has 1 aliphatic rings. The monoisotopic (exact) mass is 390 g/mol. The number of carbonyl (C=O) groups is 2. The Balaban J connectivity index is 1.54. The Morgan fingerprint density at radius 3 is 2.63 bits per heavy atom. The summed E-state index contributed by atoms with van der Waals surface area (Å²) in [7, 11) is 0. The summed E-state index contributed by atoms with van der Waals surface area (Å²) in [5.74, 6) is -0.916. The minimum absolute atomic E-state index is 0.0371. The van der Waals surface area contributed by atoms with Gasteiger partial charge in [-0.3, -0.25) is 9.59 Å². The Morgan fingerprint density at radius 1 is 1.30 bits per heavy atom. The minimum Gasteiger partial charge on any atom is -0.342 e. The van der Waals surface area contributed by atoms with E-state index in [9.17, 15) is 14.0 Å². The highest BCUT2D eigenvalue weighted by molar-refractivity contribution is 7.15. The van der Waals surface area contributed by atoms with Crippen molar-refractivity contribution in [2.75, 3.05) is 18.4 Å². The van der Waals surface area contributed by atoms with Gasteiger partial charge in [-0.15, -0.1) is 10.2 Å². The van der Waals surface area contributed by atoms with Gasteiger partial charge >= 0.3 is 0 Å². The van der Waals surface area contributed by atoms with Crippen molar-refractivity contribution >= 4 is 28.3 Å². The molecule has 1 aliphatic heterocycles. The molecule has 2 amide bonds. The van der Waals surface area contributed by atoms with Gasteiger partial charge in [-0.25, -0.2) is 4.39 Å². The first-order chi connectivity index (χ1) is 12.7. The van der Waals surface area contributed by atoms with E-state index in [1.165, 1.54) is 23.5 Å². The number of anilines is 1. The van der Waals surface area contributed by atoms with Crippen molar-refractivity contribution in [3.63, 3.8) is 0 Å². The van der Waals surface area contributed by atoms with Gasteiger partial charge in [-0.2, -0.15) is 0 Å². The van der Waals surface area contributed by atoms with Gasteiger partial charge < -0.3 is 10.2 Å². The summed E-state index contributed by atoms with van der Waals surface area (Å²) in [4.78, 5) is 26.4. The predicted molar refractivity (Wildman–Crippen MR) is 102 cm³/mol. The predicted octanol–water partition coefficient (Wildman–Crippen LogP) is 3.00. The van der Waals surface area contributed by atoms with Crippen LogP contribution in [-0.2, 0) is 21.4 Å². The largest absolute Gasteiger partial charge is 0.342 e. The van der Waals surface area contributed by atoms with E-state index in [-0.39, 0.29) is 29.5 Å². The molecule has 0 bridgehead atoms. The van der Waals surface area contributed by atoms with Crippen molar-refractivity contribution < 1.29 is 14.0 Å². The number of amides is 2. The molecule has 0 saturated carbocycles. The molecule has 8 heteroatoms. The molecule has 1 atom stereocenters. The Hall–Kier alpha value is -2.35. The number of hydrogen-bond donors (Lipinski definition) is 1. The fourth-order valence-electron chi connectivity index (χ4n) is 2.86. The van der Waals surface area contributed by atoms with Crippen LogP contribution in [0.15, 0.2) is 24.3 Å². The summed E-state index contributed by atoms with van der Waals surface area (Å²) in [6.45, 7) is 7.01. The van der Waals surface area contributed by atoms with Crippen LogP contribution in [0.25, 0.3) is 0 Å². The molecule has 1 aromatic carbocycles. The summed E-state index contributed by atoms with van der Waals surface area (Å²) < 4.78 is 13.0. The fourth-order valence-corrected chi connectivity index (χ4v) is 3.67. The van der Waals surface area contributed by atoms with Gasteiger partial charge in [0.05, 0.1) is 5.92 Å². The van der Waals surface area contributed by atoms with Crippen LogP contribution in [0.3, 0.4) is 0 Å². The molecule has 1 saturated heterocycles. The number of carbonyl (C=O) groups excluding carboxylic acids is 2. The molecule has 2 aromatic rings. The van der Waals surface area contributed by atoms with E-state index in [1.807, 2.05) is 20.8 Å². The quantitative estimate of drug-likeness (QED) is 0.852. The summed E-state index contributed by atoms with van der Waals surface area (Å²) >= 11 is 1.35. The average molecular weight is 390 g/mol. The van der Waals surface area contributed by atoms with Crippen LogP contribution in [0.2, 0.25) is 0 Å². The molecule has 144 valence electrons. The van der Waals surface area contributed by atoms with Crippen LogP contribution >= 0.6 is 11.3 Å². The number of hydrogen-bond acceptors (Lipinski definition) is 5. The zero-order valence-electron chi connectivity index (χ0n) is 15.7. The molecule has 27 heavy (non-hydrogen) atoms. The van der Waals surface area contributed by atoms with E-state index in [0.717, 1.165) is 10.6 Å². The second kappa shape index (κ2) is 7.72. The lowest BCUT2D eigenvalue weighted by Crippen LogP contribution is -2.30. The molecule has 6 nitrogen and oxygen atoms in total. The maximum atomic E-state index is 13.0. The van der Waals surface area contributed by atoms with Crippen LogP contribution < -0.4 is 5.32 Å². The number of likely N-dealkylation sites (tertiary alicyclic amines) is 1. The van der Waals surface area contributed by atoms with Crippen molar-refractivity contribution in [3.05, 3.63) is 40.7 Å². The highest BCUT2D eigenvalue weighted by Gasteiger charge is 2.34. The van der Waals surface area contributed by atoms with Gasteiger partial charge in [0.1, 0.15) is 10.8 Å². The molecule has 1 fully saturated rings. The normalized spacial score (nSPS) is 17.4. The molecular weight excluding hydrogens is 367 g/mol. The molecule has 3 rings (SSSR count). The van der Waals surface area contributed by atoms with E-state index in [1.54, 1.807) is 17.0 Å². The van der Waals surface area contributed by atoms with Crippen molar-refractivity contribution in [2.45, 2.75) is 39.0 Å². The van der Waals surface area contributed by atoms with Gasteiger partial charge in [-0.1, -0.05) is 44.2 Å². The van der Waals surface area contributed by atoms with Gasteiger partial charge in [0, 0.05) is 24.9 Å². The van der Waals surface area contributed by atoms with Crippen LogP contribution in [0, 0.1) is 11.7 Å². The number of halogens is 1. The van der Waals surface area contributed by atoms with Gasteiger partial charge in [0.15, 0.2) is 0 Å². The van der Waals surface area contributed by atoms with Gasteiger partial charge in [-0.05, 0) is 24.1 Å². The number of nitrogens with zero attached hydrogens (tertiary/aromatic N) is 3. The van der Waals surface area contributed by atoms with E-state index in [2.05, 4.69) is 15.5 Å². The Morgan fingerprint density at radius 2 is 2.00 bits per heavy atom. The van der Waals surface area contributed by atoms with E-state index in [4.69, 9.17) is 0 Å². The van der Waals surface area contributed by atoms with Crippen LogP contribution in [-0.4, -0.2) is 40.0 Å². The minimum atomic E-state index is -0.396. The summed E-state index contributed by atoms with van der Waals surface area (Å²) in [6.07, 6.45) is 0.825. The van der Waals surface area contributed by atoms with E-state index in [0.29, 0.717) is 24.6 Å². The summed E-state index contributed by atoms with van der Waals surface area (Å²) in [5, 5.41) is 12.2. The number of aromatic nitrogens is 2. The Bertz CT molecular complexity index is 829. The van der Waals surface area contributed by atoms with Gasteiger partial charge in [0.2, 0.25) is 16.9 Å². The first kappa shape index (κ1) is 19.4. The Kier molecular flexibility index (Phi) is 5.55. The molecular formula is C19H23FN4O2S. The van der Waals surface area contributed by atoms with Crippen LogP contribution in [0.5, 0.6) is 0 Å². The number of nitrogens with one attached hydrogen (secondary N) is 1. The van der Waals surface area contributed by atoms with Crippen molar-refractivity contribution in [1.29, 1.82) is 0 Å². The molecule has 0 radical (unpaired) electrons. The zero-order chi connectivity index (χ0) is 19.6. The first-order valence-electron chi connectivity index (χ1n) is 8.89. The highest BCUT2D eigenvalue weighted by atomic mass is 32.1. The third-order valence-electron chi connectivity index (χ3n) is 4.47. The second-order valence-electron chi connectivity index (χ2n) is 7.77. The third-order valence-corrected chi connectivity index (χ3v) is 5.73. The molecule has 0 aliphatic carbocycles. The first-order valence-corrected chi connectivity index (χ1v) is 9.71.